The summed E-state index contributed by atoms with van der Waals surface area (Å²) < 4.78 is 41.4. The van der Waals surface area contributed by atoms with Gasteiger partial charge in [0.2, 0.25) is 5.91 Å². The number of amides is 5. The molecule has 16 heteroatoms. The highest BCUT2D eigenvalue weighted by Crippen LogP contribution is 2.39. The quantitative estimate of drug-likeness (QED) is 0.378. The maximum absolute atomic E-state index is 14.1. The Hall–Kier alpha value is -3.27. The van der Waals surface area contributed by atoms with Crippen LogP contribution in [-0.2, 0) is 23.9 Å². The van der Waals surface area contributed by atoms with Crippen LogP contribution in [0.3, 0.4) is 0 Å². The van der Waals surface area contributed by atoms with Crippen LogP contribution in [-0.4, -0.2) is 119 Å². The number of hydrogen-bond donors (Lipinski definition) is 3. The van der Waals surface area contributed by atoms with Gasteiger partial charge in [-0.2, -0.15) is 13.2 Å². The van der Waals surface area contributed by atoms with Crippen LogP contribution in [0, 0.1) is 0 Å². The number of carbonyl (C=O) groups excluding carboxylic acids is 3. The standard InChI is InChI=1S/C33H42ClF3N8O3S/c1-41-17-24-15-23(41)18-44(24)21-2-7-42(8-3-21)30(46)27(14-19-12-25(33(35,36)37)28(38)26(34)13-19)39-31(47)43-9-4-22(5-10-43)45-16-20-6-11-49-29(20)40-32(45)48/h6,11-13,21-24,27H,2-5,7-10,14-18,38H2,1H3,(H,39,47)(H,40,48)/t23?,24?,27-/m1/s1. The number of hydrogen-bond acceptors (Lipinski definition) is 7. The van der Waals surface area contributed by atoms with E-state index in [-0.39, 0.29) is 35.0 Å². The monoisotopic (exact) mass is 722 g/mol. The number of nitrogens with two attached hydrogens (primary N) is 1. The summed E-state index contributed by atoms with van der Waals surface area (Å²) in [6, 6.07) is 3.94. The topological polar surface area (TPSA) is 117 Å². The molecular formula is C33H42ClF3N8O3S. The Morgan fingerprint density at radius 3 is 2.39 bits per heavy atom. The molecule has 4 saturated heterocycles. The molecule has 3 atom stereocenters. The number of nitrogens with zero attached hydrogens (tertiary/aromatic N) is 5. The number of benzene rings is 1. The molecule has 7 rings (SSSR count). The van der Waals surface area contributed by atoms with Crippen molar-refractivity contribution < 1.29 is 27.6 Å². The van der Waals surface area contributed by atoms with Gasteiger partial charge in [-0.25, -0.2) is 9.59 Å². The van der Waals surface area contributed by atoms with Crippen LogP contribution in [0.1, 0.15) is 48.8 Å². The van der Waals surface area contributed by atoms with Crippen molar-refractivity contribution in [2.24, 2.45) is 0 Å². The summed E-state index contributed by atoms with van der Waals surface area (Å²) in [5.74, 6) is -0.331. The largest absolute Gasteiger partial charge is 0.418 e. The van der Waals surface area contributed by atoms with E-state index in [4.69, 9.17) is 17.3 Å². The highest BCUT2D eigenvalue weighted by Gasteiger charge is 2.45. The first-order valence-corrected chi connectivity index (χ1v) is 18.2. The second kappa shape index (κ2) is 13.5. The third-order valence-electron chi connectivity index (χ3n) is 11.1. The van der Waals surface area contributed by atoms with Crippen LogP contribution in [0.5, 0.6) is 0 Å². The van der Waals surface area contributed by atoms with Gasteiger partial charge in [0.1, 0.15) is 11.0 Å². The fourth-order valence-corrected chi connectivity index (χ4v) is 9.39. The highest BCUT2D eigenvalue weighted by atomic mass is 35.5. The molecule has 49 heavy (non-hydrogen) atoms. The number of halogens is 4. The molecule has 2 bridgehead atoms. The smallest absolute Gasteiger partial charge is 0.397 e. The van der Waals surface area contributed by atoms with Gasteiger partial charge in [-0.3, -0.25) is 15.0 Å². The number of thiophene rings is 1. The number of nitrogens with one attached hydrogen (secondary N) is 2. The number of piperazine rings is 1. The summed E-state index contributed by atoms with van der Waals surface area (Å²) in [6.07, 6.45) is -1.02. The van der Waals surface area contributed by atoms with Gasteiger partial charge in [0, 0.05) is 75.4 Å². The van der Waals surface area contributed by atoms with Crippen LogP contribution < -0.4 is 16.4 Å². The van der Waals surface area contributed by atoms with Crippen LogP contribution in [0.2, 0.25) is 5.02 Å². The van der Waals surface area contributed by atoms with E-state index in [9.17, 15) is 27.6 Å². The van der Waals surface area contributed by atoms with Crippen LogP contribution in [0.4, 0.5) is 33.4 Å². The first kappa shape index (κ1) is 34.2. The zero-order valence-corrected chi connectivity index (χ0v) is 28.9. The molecule has 1 aromatic carbocycles. The molecule has 5 aliphatic heterocycles. The molecule has 0 radical (unpaired) electrons. The minimum atomic E-state index is -4.74. The zero-order valence-electron chi connectivity index (χ0n) is 27.3. The molecule has 4 N–H and O–H groups in total. The second-order valence-corrected chi connectivity index (χ2v) is 15.4. The van der Waals surface area contributed by atoms with Gasteiger partial charge in [-0.15, -0.1) is 11.3 Å². The Morgan fingerprint density at radius 1 is 1.04 bits per heavy atom. The Labute approximate surface area is 292 Å². The predicted molar refractivity (Wildman–Crippen MR) is 181 cm³/mol. The van der Waals surface area contributed by atoms with E-state index >= 15 is 0 Å². The van der Waals surface area contributed by atoms with Crippen molar-refractivity contribution in [3.8, 4) is 0 Å². The van der Waals surface area contributed by atoms with E-state index < -0.39 is 29.5 Å². The molecule has 0 spiro atoms. The Morgan fingerprint density at radius 2 is 1.73 bits per heavy atom. The number of carbonyl (C=O) groups is 3. The summed E-state index contributed by atoms with van der Waals surface area (Å²) in [6.45, 7) is 4.33. The van der Waals surface area contributed by atoms with Gasteiger partial charge in [-0.05, 0) is 68.3 Å². The van der Waals surface area contributed by atoms with Crippen molar-refractivity contribution >= 4 is 51.6 Å². The number of piperidine rings is 2. The first-order valence-electron chi connectivity index (χ1n) is 16.9. The van der Waals surface area contributed by atoms with Crippen molar-refractivity contribution in [2.75, 3.05) is 57.4 Å². The molecule has 6 heterocycles. The third kappa shape index (κ3) is 6.91. The van der Waals surface area contributed by atoms with Crippen LogP contribution in [0.25, 0.3) is 0 Å². The van der Waals surface area contributed by atoms with E-state index in [1.165, 1.54) is 23.8 Å². The Balaban J connectivity index is 1.02. The van der Waals surface area contributed by atoms with E-state index in [1.807, 2.05) is 11.4 Å². The molecule has 4 fully saturated rings. The number of likely N-dealkylation sites (N-methyl/N-ethyl adjacent to an activating group) is 1. The Kier molecular flexibility index (Phi) is 9.39. The van der Waals surface area contributed by atoms with Gasteiger partial charge in [0.05, 0.1) is 22.8 Å². The SMILES string of the molecule is CN1CC2CC1CN2C1CCN(C(=O)[C@@H](Cc2cc(Cl)c(N)c(C(F)(F)F)c2)NC(=O)N2CCC(N3Cc4ccsc4NC3=O)CC2)CC1. The van der Waals surface area contributed by atoms with Gasteiger partial charge in [0.15, 0.2) is 0 Å². The number of urea groups is 2. The minimum Gasteiger partial charge on any atom is -0.397 e. The van der Waals surface area contributed by atoms with E-state index in [0.717, 1.165) is 42.6 Å². The highest BCUT2D eigenvalue weighted by molar-refractivity contribution is 7.14. The first-order chi connectivity index (χ1) is 23.4. The predicted octanol–water partition coefficient (Wildman–Crippen LogP) is 4.51. The molecule has 5 aliphatic rings. The van der Waals surface area contributed by atoms with Crippen molar-refractivity contribution in [3.05, 3.63) is 45.3 Å². The van der Waals surface area contributed by atoms with E-state index in [0.29, 0.717) is 63.7 Å². The molecular weight excluding hydrogens is 681 g/mol. The van der Waals surface area contributed by atoms with E-state index in [1.54, 1.807) is 14.7 Å². The lowest BCUT2D eigenvalue weighted by Gasteiger charge is -2.43. The zero-order chi connectivity index (χ0) is 34.6. The molecule has 5 amide bonds. The number of anilines is 2. The van der Waals surface area contributed by atoms with Crippen molar-refractivity contribution in [1.82, 2.24) is 29.8 Å². The summed E-state index contributed by atoms with van der Waals surface area (Å²) in [5, 5.41) is 8.35. The number of nitrogen functional groups attached to an aromatic ring is 1. The summed E-state index contributed by atoms with van der Waals surface area (Å²) >= 11 is 7.62. The minimum absolute atomic E-state index is 0.0558. The lowest BCUT2D eigenvalue weighted by Crippen LogP contribution is -2.58. The van der Waals surface area contributed by atoms with Gasteiger partial charge < -0.3 is 30.7 Å². The normalized spacial score (nSPS) is 24.7. The number of likely N-dealkylation sites (tertiary alicyclic amines) is 4. The number of alkyl halides is 3. The second-order valence-electron chi connectivity index (χ2n) is 14.0. The molecule has 0 saturated carbocycles. The fraction of sp³-hybridized carbons (Fsp3) is 0.606. The summed E-state index contributed by atoms with van der Waals surface area (Å²) in [7, 11) is 2.17. The maximum atomic E-state index is 14.1. The maximum Gasteiger partial charge on any atom is 0.418 e. The number of fused-ring (bicyclic) bond motifs is 3. The van der Waals surface area contributed by atoms with Crippen LogP contribution >= 0.6 is 22.9 Å². The van der Waals surface area contributed by atoms with Gasteiger partial charge in [0.25, 0.3) is 0 Å². The van der Waals surface area contributed by atoms with Crippen molar-refractivity contribution in [1.29, 1.82) is 0 Å². The van der Waals surface area contributed by atoms with E-state index in [2.05, 4.69) is 27.5 Å². The molecule has 1 aromatic heterocycles. The van der Waals surface area contributed by atoms with Crippen molar-refractivity contribution in [2.45, 2.75) is 81.5 Å². The Bertz CT molecular complexity index is 1590. The lowest BCUT2D eigenvalue weighted by molar-refractivity contribution is -0.137. The third-order valence-corrected chi connectivity index (χ3v) is 12.3. The van der Waals surface area contributed by atoms with Crippen molar-refractivity contribution in [3.63, 3.8) is 0 Å². The average Bonchev–Trinajstić information content (AvgIpc) is 3.80. The molecule has 2 unspecified atom stereocenters. The lowest BCUT2D eigenvalue weighted by atomic mass is 9.98. The molecule has 2 aromatic rings. The summed E-state index contributed by atoms with van der Waals surface area (Å²) in [4.78, 5) is 50.6. The fourth-order valence-electron chi connectivity index (χ4n) is 8.35. The van der Waals surface area contributed by atoms with Gasteiger partial charge in [-0.1, -0.05) is 11.6 Å². The average molecular weight is 723 g/mol. The molecule has 11 nitrogen and oxygen atoms in total. The molecule has 266 valence electrons. The van der Waals surface area contributed by atoms with Gasteiger partial charge >= 0.3 is 18.2 Å². The number of rotatable bonds is 6. The van der Waals surface area contributed by atoms with Crippen LogP contribution in [0.15, 0.2) is 23.6 Å². The molecule has 0 aliphatic carbocycles. The summed E-state index contributed by atoms with van der Waals surface area (Å²) in [5.41, 5.74) is 5.24.